The number of fused-ring (bicyclic) bond motifs is 4. The number of phenols is 1. The van der Waals surface area contributed by atoms with Crippen LogP contribution in [0.5, 0.6) is 23.0 Å². The zero-order valence-corrected chi connectivity index (χ0v) is 65.1. The number of aromatic hydroxyl groups is 1. The van der Waals surface area contributed by atoms with Gasteiger partial charge < -0.3 is 57.0 Å². The first-order valence-corrected chi connectivity index (χ1v) is 42.4. The fourth-order valence-electron chi connectivity index (χ4n) is 9.64. The van der Waals surface area contributed by atoms with Gasteiger partial charge in [0, 0.05) is 75.4 Å². The molecule has 0 spiro atoms. The van der Waals surface area contributed by atoms with Crippen molar-refractivity contribution in [3.05, 3.63) is 119 Å². The third kappa shape index (κ3) is 26.1. The van der Waals surface area contributed by atoms with Gasteiger partial charge in [-0.3, -0.25) is 33.3 Å². The minimum Gasteiger partial charge on any atom is -0.508 e. The third-order valence-corrected chi connectivity index (χ3v) is 22.7. The van der Waals surface area contributed by atoms with Crippen LogP contribution < -0.4 is 14.2 Å². The summed E-state index contributed by atoms with van der Waals surface area (Å²) in [5.74, 6) is 7.47. The Morgan fingerprint density at radius 2 is 0.789 bits per heavy atom. The number of hydrogen-bond donors (Lipinski definition) is 1. The zero-order chi connectivity index (χ0) is 69.2. The molecule has 37 heteroatoms. The first-order chi connectivity index (χ1) is 45.4. The molecule has 4 atom stereocenters. The summed E-state index contributed by atoms with van der Waals surface area (Å²) in [6.45, 7) is 15.4. The molecule has 95 heavy (non-hydrogen) atoms. The lowest BCUT2D eigenvalue weighted by molar-refractivity contribution is -0.0534. The molecule has 4 fully saturated rings. The van der Waals surface area contributed by atoms with Crippen LogP contribution in [0.15, 0.2) is 117 Å². The summed E-state index contributed by atoms with van der Waals surface area (Å²) in [6, 6.07) is 32.7. The van der Waals surface area contributed by atoms with Crippen LogP contribution in [0.25, 0.3) is 0 Å². The molecule has 0 saturated carbocycles. The minimum atomic E-state index is -5.80. The molecular formula is C58H77BBr3Cl2F3N8O13P2S5. The maximum absolute atomic E-state index is 12.4. The molecule has 0 aromatic heterocycles. The molecule has 0 amide bonds. The molecule has 8 heterocycles. The summed E-state index contributed by atoms with van der Waals surface area (Å²) in [7, 11) is -9.59. The quantitative estimate of drug-likeness (QED) is 0.0285. The van der Waals surface area contributed by atoms with Crippen LogP contribution in [-0.2, 0) is 41.5 Å². The highest BCUT2D eigenvalue weighted by Gasteiger charge is 2.49. The molecule has 8 aliphatic rings. The summed E-state index contributed by atoms with van der Waals surface area (Å²) in [5, 5.41) is 14.2. The van der Waals surface area contributed by atoms with Gasteiger partial charge in [-0.1, -0.05) is 95.6 Å². The number of ether oxygens (including phenoxy) is 3. The lowest BCUT2D eigenvalue weighted by atomic mass is 10.1. The summed E-state index contributed by atoms with van der Waals surface area (Å²) in [6.07, 6.45) is -1.39. The fraction of sp³-hybridized carbons (Fsp3) is 0.517. The summed E-state index contributed by atoms with van der Waals surface area (Å²) >= 11 is 26.2. The number of amidine groups is 4. The van der Waals surface area contributed by atoms with E-state index in [9.17, 15) is 35.8 Å². The van der Waals surface area contributed by atoms with Crippen molar-refractivity contribution in [2.45, 2.75) is 57.4 Å². The standard InChI is InChI=1S/C16H23N2O4PS.2C12H14N2OS.C11H12N2OS.C6H12F3O6PS.CH2Cl2.BBr3/c1-3-21-23(19,22-4-2)12-20-14-7-5-13(6-8-14)15-11-18-9-10-24-16(18)17-15;2*1-15-10-4-2-9(3-5-10)11-8-14-6-7-16-12(14)13-11;14-9-3-1-8(2-4-9)10-7-13-5-6-15-11(13)12-10;1-3-13-16(10,14-4-2)5-15-17(11,12)6(7,8)9;2-1-3;2-1(3)4/h5-8,15H,3-4,9-12H2,1-2H3;2*2-5,11H,6-8H2,1H3;1-4,10,14H,5-7H2;3-5H2,1-2H3;1H2;/t15-;11-;;10-;;;/m11.1.../s1. The van der Waals surface area contributed by atoms with Crippen LogP contribution in [0.1, 0.15) is 74.1 Å². The smallest absolute Gasteiger partial charge is 0.508 e. The predicted molar refractivity (Wildman–Crippen MR) is 395 cm³/mol. The van der Waals surface area contributed by atoms with E-state index in [0.29, 0.717) is 36.8 Å². The Hall–Kier alpha value is -2.56. The second-order valence-electron chi connectivity index (χ2n) is 20.3. The van der Waals surface area contributed by atoms with Gasteiger partial charge in [0.1, 0.15) is 23.0 Å². The first kappa shape index (κ1) is 81.4. The van der Waals surface area contributed by atoms with Crippen LogP contribution in [-0.4, -0.2) is 197 Å². The van der Waals surface area contributed by atoms with E-state index in [-0.39, 0.29) is 40.2 Å². The Bertz CT molecular complexity index is 3260. The van der Waals surface area contributed by atoms with Crippen molar-refractivity contribution in [3.63, 3.8) is 0 Å². The fourth-order valence-corrected chi connectivity index (χ4v) is 17.4. The number of methoxy groups -OCH3 is 2. The monoisotopic (exact) mass is 1690 g/mol. The molecule has 12 rings (SSSR count). The van der Waals surface area contributed by atoms with E-state index >= 15 is 0 Å². The molecule has 4 saturated heterocycles. The van der Waals surface area contributed by atoms with Gasteiger partial charge in [-0.25, -0.2) is 0 Å². The van der Waals surface area contributed by atoms with E-state index in [0.717, 1.165) is 74.8 Å². The van der Waals surface area contributed by atoms with Crippen molar-refractivity contribution < 1.29 is 72.3 Å². The number of alkyl halides is 5. The van der Waals surface area contributed by atoms with Gasteiger partial charge in [-0.05, 0) is 98.5 Å². The average molecular weight is 1700 g/mol. The maximum Gasteiger partial charge on any atom is 0.523 e. The number of hydrogen-bond acceptors (Lipinski definition) is 25. The zero-order valence-electron chi connectivity index (χ0n) is 52.9. The number of halogens is 8. The van der Waals surface area contributed by atoms with E-state index in [1.54, 1.807) is 40.2 Å². The molecule has 1 N–H and O–H groups in total. The Kier molecular flexibility index (Phi) is 34.9. The van der Waals surface area contributed by atoms with Crippen LogP contribution in [0.2, 0.25) is 0 Å². The van der Waals surface area contributed by atoms with Crippen LogP contribution in [0.3, 0.4) is 0 Å². The van der Waals surface area contributed by atoms with Crippen molar-refractivity contribution in [3.8, 4) is 23.0 Å². The lowest BCUT2D eigenvalue weighted by Crippen LogP contribution is -2.26. The second kappa shape index (κ2) is 40.8. The summed E-state index contributed by atoms with van der Waals surface area (Å²) < 4.78 is 120. The van der Waals surface area contributed by atoms with Gasteiger partial charge >= 0.3 is 34.0 Å². The number of nitrogens with zero attached hydrogens (tertiary/aromatic N) is 8. The minimum absolute atomic E-state index is 0.0792. The van der Waals surface area contributed by atoms with Gasteiger partial charge in [0.15, 0.2) is 33.4 Å². The van der Waals surface area contributed by atoms with Gasteiger partial charge in [0.25, 0.3) is 0 Å². The molecule has 4 aromatic carbocycles. The van der Waals surface area contributed by atoms with Gasteiger partial charge in [-0.15, -0.1) is 70.5 Å². The van der Waals surface area contributed by atoms with E-state index < -0.39 is 37.2 Å². The van der Waals surface area contributed by atoms with Crippen molar-refractivity contribution in [2.24, 2.45) is 20.0 Å². The number of thioether (sulfide) groups is 4. The first-order valence-electron chi connectivity index (χ1n) is 29.8. The largest absolute Gasteiger partial charge is 0.523 e. The Morgan fingerprint density at radius 3 is 1.04 bits per heavy atom. The average Bonchev–Trinajstić information content (AvgIpc) is 1.72. The van der Waals surface area contributed by atoms with Crippen molar-refractivity contribution in [2.75, 3.05) is 134 Å². The molecule has 0 radical (unpaired) electrons. The molecule has 0 aliphatic carbocycles. The molecule has 0 bridgehead atoms. The van der Waals surface area contributed by atoms with Crippen molar-refractivity contribution >= 4 is 167 Å². The number of phenolic OH excluding ortho intramolecular Hbond substituents is 1. The highest BCUT2D eigenvalue weighted by molar-refractivity contribution is 9.69. The lowest BCUT2D eigenvalue weighted by Gasteiger charge is -2.17. The topological polar surface area (TPSA) is 225 Å². The van der Waals surface area contributed by atoms with Crippen molar-refractivity contribution in [1.29, 1.82) is 0 Å². The van der Waals surface area contributed by atoms with E-state index in [2.05, 4.69) is 109 Å². The highest BCUT2D eigenvalue weighted by atomic mass is 79.9. The van der Waals surface area contributed by atoms with Crippen LogP contribution >= 0.6 is 133 Å². The third-order valence-electron chi connectivity index (χ3n) is 14.0. The molecule has 21 nitrogen and oxygen atoms in total. The van der Waals surface area contributed by atoms with Gasteiger partial charge in [-0.2, -0.15) is 21.6 Å². The maximum atomic E-state index is 12.4. The molecule has 4 aromatic rings. The van der Waals surface area contributed by atoms with E-state index in [1.165, 1.54) is 68.9 Å². The van der Waals surface area contributed by atoms with Crippen LogP contribution in [0.4, 0.5) is 13.2 Å². The molecule has 8 aliphatic heterocycles. The number of benzene rings is 4. The number of aliphatic imine (C=N–C) groups is 4. The van der Waals surface area contributed by atoms with Crippen molar-refractivity contribution in [1.82, 2.24) is 19.6 Å². The van der Waals surface area contributed by atoms with Crippen LogP contribution in [0, 0.1) is 0 Å². The highest BCUT2D eigenvalue weighted by Crippen LogP contribution is 2.50. The van der Waals surface area contributed by atoms with E-state index in [1.807, 2.05) is 108 Å². The SMILES string of the molecule is BrB(Br)Br.CCOP(=O)(COS(=O)(=O)C(F)(F)F)OCC.CCOP(=O)(COc1ccc([C@H]2CN3CCSC3=N2)cc1)OCC.COc1ccc(C2CN3CCSC3=N2)cc1.COc1ccc([C@H]2CN3CCSC3=N2)cc1.ClCCl.Oc1ccc([C@H]2CN3CCSC3=N2)cc1. The Balaban J connectivity index is 0.000000185. The predicted octanol–water partition coefficient (Wildman–Crippen LogP) is 15.6. The molecule has 526 valence electrons. The van der Waals surface area contributed by atoms with Gasteiger partial charge in [0.2, 0.25) is 0 Å². The normalized spacial score (nSPS) is 19.7. The molecule has 1 unspecified atom stereocenters. The second-order valence-corrected chi connectivity index (χ2v) is 37.3. The molecular weight excluding hydrogens is 1620 g/mol. The Labute approximate surface area is 607 Å². The van der Waals surface area contributed by atoms with E-state index in [4.69, 9.17) is 61.4 Å². The Morgan fingerprint density at radius 1 is 0.526 bits per heavy atom. The summed E-state index contributed by atoms with van der Waals surface area (Å²) in [4.78, 5) is 28.3. The van der Waals surface area contributed by atoms with Gasteiger partial charge in [0.05, 0.1) is 70.2 Å². The summed E-state index contributed by atoms with van der Waals surface area (Å²) in [5.41, 5.74) is -0.652. The number of rotatable bonds is 20.